The van der Waals surface area contributed by atoms with Crippen LogP contribution in [-0.2, 0) is 17.8 Å². The fourth-order valence-corrected chi connectivity index (χ4v) is 4.64. The third-order valence-corrected chi connectivity index (χ3v) is 6.44. The van der Waals surface area contributed by atoms with E-state index in [1.165, 1.54) is 14.6 Å². The van der Waals surface area contributed by atoms with E-state index < -0.39 is 0 Å². The number of morpholine rings is 1. The Morgan fingerprint density at radius 1 is 1.09 bits per heavy atom. The molecule has 1 saturated heterocycles. The van der Waals surface area contributed by atoms with Gasteiger partial charge in [0.25, 0.3) is 0 Å². The molecule has 0 radical (unpaired) electrons. The van der Waals surface area contributed by atoms with Crippen molar-refractivity contribution in [2.45, 2.75) is 19.1 Å². The molecule has 32 heavy (non-hydrogen) atoms. The summed E-state index contributed by atoms with van der Waals surface area (Å²) in [6, 6.07) is 20.0. The van der Waals surface area contributed by atoms with E-state index in [1.54, 1.807) is 0 Å². The molecule has 3 heterocycles. The lowest BCUT2D eigenvalue weighted by Crippen LogP contribution is -2.48. The van der Waals surface area contributed by atoms with Crippen LogP contribution in [0.5, 0.6) is 0 Å². The second-order valence-electron chi connectivity index (χ2n) is 7.81. The maximum Gasteiger partial charge on any atom is 0.353 e. The SMILES string of the molecule is Nc1nc(-c2ccccc2)c(Br)c2nn(C[C@H]3COCCN3Cc3ccccc3)c(=O)n12. The standard InChI is InChI=1S/C23H23BrN6O2/c24-19-20(17-9-5-2-6-10-17)26-22(25)30-21(19)27-29(23(30)31)14-18-15-32-12-11-28(18)13-16-7-3-1-4-8-16/h1-10,18H,11-15H2,(H2,25,26)/t18-/m0/s1. The molecule has 0 bridgehead atoms. The highest BCUT2D eigenvalue weighted by Gasteiger charge is 2.26. The van der Waals surface area contributed by atoms with Gasteiger partial charge in [0.1, 0.15) is 0 Å². The average Bonchev–Trinajstić information content (AvgIpc) is 3.15. The van der Waals surface area contributed by atoms with Crippen LogP contribution in [0.3, 0.4) is 0 Å². The van der Waals surface area contributed by atoms with Crippen molar-refractivity contribution in [2.24, 2.45) is 0 Å². The molecule has 1 aliphatic heterocycles. The Labute approximate surface area is 193 Å². The predicted molar refractivity (Wildman–Crippen MR) is 126 cm³/mol. The summed E-state index contributed by atoms with van der Waals surface area (Å²) in [5.74, 6) is 0.110. The number of hydrogen-bond donors (Lipinski definition) is 1. The summed E-state index contributed by atoms with van der Waals surface area (Å²) in [6.45, 7) is 3.21. The highest BCUT2D eigenvalue weighted by Crippen LogP contribution is 2.30. The number of aromatic nitrogens is 4. The maximum atomic E-state index is 13.2. The average molecular weight is 495 g/mol. The first-order chi connectivity index (χ1) is 15.6. The van der Waals surface area contributed by atoms with Crippen molar-refractivity contribution in [1.29, 1.82) is 0 Å². The molecule has 2 aromatic heterocycles. The lowest BCUT2D eigenvalue weighted by atomic mass is 10.1. The Morgan fingerprint density at radius 2 is 1.81 bits per heavy atom. The van der Waals surface area contributed by atoms with Crippen LogP contribution in [0.25, 0.3) is 16.9 Å². The van der Waals surface area contributed by atoms with Crippen molar-refractivity contribution in [3.63, 3.8) is 0 Å². The number of anilines is 1. The normalized spacial score (nSPS) is 17.1. The minimum Gasteiger partial charge on any atom is -0.378 e. The van der Waals surface area contributed by atoms with Gasteiger partial charge in [-0.2, -0.15) is 0 Å². The second kappa shape index (κ2) is 8.85. The quantitative estimate of drug-likeness (QED) is 0.458. The zero-order valence-electron chi connectivity index (χ0n) is 17.4. The molecule has 2 N–H and O–H groups in total. The molecule has 164 valence electrons. The van der Waals surface area contributed by atoms with E-state index >= 15 is 0 Å². The zero-order valence-corrected chi connectivity index (χ0v) is 19.0. The first kappa shape index (κ1) is 20.9. The Bertz CT molecular complexity index is 1290. The maximum absolute atomic E-state index is 13.2. The van der Waals surface area contributed by atoms with Crippen molar-refractivity contribution >= 4 is 27.5 Å². The molecule has 0 aliphatic carbocycles. The number of rotatable bonds is 5. The summed E-state index contributed by atoms with van der Waals surface area (Å²) < 4.78 is 9.17. The molecular weight excluding hydrogens is 472 g/mol. The van der Waals surface area contributed by atoms with E-state index in [-0.39, 0.29) is 17.7 Å². The third-order valence-electron chi connectivity index (χ3n) is 5.71. The fourth-order valence-electron chi connectivity index (χ4n) is 4.07. The van der Waals surface area contributed by atoms with Crippen molar-refractivity contribution < 1.29 is 4.74 Å². The first-order valence-corrected chi connectivity index (χ1v) is 11.3. The van der Waals surface area contributed by atoms with Crippen LogP contribution in [0.15, 0.2) is 69.9 Å². The molecule has 2 aromatic carbocycles. The van der Waals surface area contributed by atoms with Crippen molar-refractivity contribution in [1.82, 2.24) is 24.1 Å². The van der Waals surface area contributed by atoms with Crippen LogP contribution in [0.1, 0.15) is 5.56 Å². The summed E-state index contributed by atoms with van der Waals surface area (Å²) in [7, 11) is 0. The molecule has 1 aliphatic rings. The highest BCUT2D eigenvalue weighted by atomic mass is 79.9. The summed E-state index contributed by atoms with van der Waals surface area (Å²) >= 11 is 3.59. The summed E-state index contributed by atoms with van der Waals surface area (Å²) in [6.07, 6.45) is 0. The molecule has 0 spiro atoms. The smallest absolute Gasteiger partial charge is 0.353 e. The number of fused-ring (bicyclic) bond motifs is 1. The third kappa shape index (κ3) is 3.94. The zero-order chi connectivity index (χ0) is 22.1. The Kier molecular flexibility index (Phi) is 5.77. The van der Waals surface area contributed by atoms with Crippen molar-refractivity contribution in [3.8, 4) is 11.3 Å². The Hall–Kier alpha value is -3.01. The monoisotopic (exact) mass is 494 g/mol. The molecule has 9 heteroatoms. The number of nitrogen functional groups attached to an aromatic ring is 1. The molecule has 8 nitrogen and oxygen atoms in total. The van der Waals surface area contributed by atoms with Gasteiger partial charge in [0.2, 0.25) is 5.95 Å². The summed E-state index contributed by atoms with van der Waals surface area (Å²) in [5.41, 5.74) is 9.10. The van der Waals surface area contributed by atoms with E-state index in [2.05, 4.69) is 43.0 Å². The number of halogens is 1. The number of ether oxygens (including phenoxy) is 1. The van der Waals surface area contributed by atoms with Gasteiger partial charge in [-0.1, -0.05) is 60.7 Å². The van der Waals surface area contributed by atoms with E-state index in [4.69, 9.17) is 10.5 Å². The molecule has 1 fully saturated rings. The predicted octanol–water partition coefficient (Wildman–Crippen LogP) is 2.80. The van der Waals surface area contributed by atoms with Gasteiger partial charge in [-0.15, -0.1) is 5.10 Å². The van der Waals surface area contributed by atoms with Gasteiger partial charge in [0, 0.05) is 18.7 Å². The van der Waals surface area contributed by atoms with E-state index in [9.17, 15) is 4.79 Å². The van der Waals surface area contributed by atoms with Gasteiger partial charge in [-0.25, -0.2) is 18.9 Å². The lowest BCUT2D eigenvalue weighted by Gasteiger charge is -2.35. The molecular formula is C23H23BrN6O2. The number of nitrogens with two attached hydrogens (primary N) is 1. The van der Waals surface area contributed by atoms with E-state index in [0.717, 1.165) is 18.7 Å². The number of benzene rings is 2. The summed E-state index contributed by atoms with van der Waals surface area (Å²) in [5, 5.41) is 4.61. The van der Waals surface area contributed by atoms with Gasteiger partial charge < -0.3 is 10.5 Å². The van der Waals surface area contributed by atoms with Crippen molar-refractivity contribution in [3.05, 3.63) is 81.2 Å². The van der Waals surface area contributed by atoms with Crippen LogP contribution in [0, 0.1) is 0 Å². The molecule has 0 unspecified atom stereocenters. The van der Waals surface area contributed by atoms with Crippen molar-refractivity contribution in [2.75, 3.05) is 25.5 Å². The van der Waals surface area contributed by atoms with Gasteiger partial charge in [0.15, 0.2) is 5.65 Å². The molecule has 4 aromatic rings. The number of hydrogen-bond acceptors (Lipinski definition) is 6. The van der Waals surface area contributed by atoms with E-state index in [1.807, 2.05) is 48.5 Å². The lowest BCUT2D eigenvalue weighted by molar-refractivity contribution is -0.0191. The minimum atomic E-state index is -0.310. The highest BCUT2D eigenvalue weighted by molar-refractivity contribution is 9.10. The van der Waals surface area contributed by atoms with Crippen LogP contribution in [0.4, 0.5) is 5.95 Å². The fraction of sp³-hybridized carbons (Fsp3) is 0.261. The van der Waals surface area contributed by atoms with Crippen LogP contribution in [-0.4, -0.2) is 49.9 Å². The van der Waals surface area contributed by atoms with E-state index in [0.29, 0.717) is 35.6 Å². The topological polar surface area (TPSA) is 90.7 Å². The summed E-state index contributed by atoms with van der Waals surface area (Å²) in [4.78, 5) is 20.0. The number of nitrogens with zero attached hydrogens (tertiary/aromatic N) is 5. The molecule has 5 rings (SSSR count). The van der Waals surface area contributed by atoms with Gasteiger partial charge in [-0.3, -0.25) is 4.90 Å². The van der Waals surface area contributed by atoms with Gasteiger partial charge in [0.05, 0.1) is 36.0 Å². The molecule has 0 amide bonds. The first-order valence-electron chi connectivity index (χ1n) is 10.5. The molecule has 0 saturated carbocycles. The largest absolute Gasteiger partial charge is 0.378 e. The van der Waals surface area contributed by atoms with Crippen LogP contribution in [0.2, 0.25) is 0 Å². The van der Waals surface area contributed by atoms with Crippen LogP contribution < -0.4 is 11.4 Å². The van der Waals surface area contributed by atoms with Gasteiger partial charge in [-0.05, 0) is 21.5 Å². The Morgan fingerprint density at radius 3 is 2.56 bits per heavy atom. The second-order valence-corrected chi connectivity index (χ2v) is 8.60. The Balaban J connectivity index is 1.49. The van der Waals surface area contributed by atoms with Crippen LogP contribution >= 0.6 is 15.9 Å². The van der Waals surface area contributed by atoms with Gasteiger partial charge >= 0.3 is 5.69 Å². The minimum absolute atomic E-state index is 0.0214. The molecule has 1 atom stereocenters.